The zero-order valence-electron chi connectivity index (χ0n) is 9.56. The van der Waals surface area contributed by atoms with E-state index >= 15 is 0 Å². The highest BCUT2D eigenvalue weighted by atomic mass is 16.5. The Balaban J connectivity index is 2.45. The number of carboxylic acids is 1. The summed E-state index contributed by atoms with van der Waals surface area (Å²) in [6.45, 7) is 4.18. The maximum Gasteiger partial charge on any atom is 0.320 e. The van der Waals surface area contributed by atoms with Crippen molar-refractivity contribution in [3.8, 4) is 0 Å². The fourth-order valence-electron chi connectivity index (χ4n) is 1.32. The minimum atomic E-state index is -0.846. The van der Waals surface area contributed by atoms with E-state index in [1.54, 1.807) is 0 Å². The number of hydrogen-bond acceptors (Lipinski definition) is 5. The van der Waals surface area contributed by atoms with Gasteiger partial charge in [0.1, 0.15) is 6.04 Å². The van der Waals surface area contributed by atoms with E-state index in [0.717, 1.165) is 6.42 Å². The van der Waals surface area contributed by atoms with Gasteiger partial charge in [0.05, 0.1) is 6.54 Å². The van der Waals surface area contributed by atoms with Crippen molar-refractivity contribution in [1.29, 1.82) is 0 Å². The summed E-state index contributed by atoms with van der Waals surface area (Å²) in [6.07, 6.45) is 2.09. The smallest absolute Gasteiger partial charge is 0.320 e. The average molecular weight is 227 g/mol. The molecule has 0 aliphatic heterocycles. The quantitative estimate of drug-likeness (QED) is 0.721. The third-order valence-corrected chi connectivity index (χ3v) is 2.19. The second-order valence-corrected chi connectivity index (χ2v) is 3.52. The van der Waals surface area contributed by atoms with Crippen LogP contribution in [0, 0.1) is 0 Å². The second kappa shape index (κ2) is 6.22. The van der Waals surface area contributed by atoms with E-state index in [4.69, 9.17) is 9.63 Å². The number of aryl methyl sites for hydroxylation is 1. The van der Waals surface area contributed by atoms with Gasteiger partial charge in [-0.15, -0.1) is 0 Å². The van der Waals surface area contributed by atoms with Crippen molar-refractivity contribution in [2.75, 3.05) is 0 Å². The molecule has 6 nitrogen and oxygen atoms in total. The molecule has 0 saturated heterocycles. The number of rotatable bonds is 7. The van der Waals surface area contributed by atoms with E-state index in [1.807, 2.05) is 13.8 Å². The minimum Gasteiger partial charge on any atom is -0.480 e. The number of hydrogen-bond donors (Lipinski definition) is 2. The Morgan fingerprint density at radius 2 is 2.31 bits per heavy atom. The molecule has 1 aromatic rings. The van der Waals surface area contributed by atoms with Crippen LogP contribution in [-0.4, -0.2) is 27.3 Å². The van der Waals surface area contributed by atoms with Crippen molar-refractivity contribution >= 4 is 5.97 Å². The van der Waals surface area contributed by atoms with Crippen molar-refractivity contribution in [3.63, 3.8) is 0 Å². The summed E-state index contributed by atoms with van der Waals surface area (Å²) in [5.41, 5.74) is 0. The fourth-order valence-corrected chi connectivity index (χ4v) is 1.32. The van der Waals surface area contributed by atoms with Gasteiger partial charge in [-0.3, -0.25) is 10.1 Å². The molecule has 1 atom stereocenters. The number of carboxylic acid groups (broad SMARTS) is 1. The van der Waals surface area contributed by atoms with Crippen LogP contribution in [0.25, 0.3) is 0 Å². The van der Waals surface area contributed by atoms with E-state index in [1.165, 1.54) is 0 Å². The first-order valence-corrected chi connectivity index (χ1v) is 5.45. The Labute approximate surface area is 94.0 Å². The van der Waals surface area contributed by atoms with Gasteiger partial charge >= 0.3 is 5.97 Å². The maximum atomic E-state index is 10.8. The molecule has 0 aliphatic rings. The molecule has 1 aromatic heterocycles. The van der Waals surface area contributed by atoms with Crippen LogP contribution in [0.1, 0.15) is 38.4 Å². The molecule has 0 aromatic carbocycles. The highest BCUT2D eigenvalue weighted by Gasteiger charge is 2.16. The predicted octanol–water partition coefficient (Wildman–Crippen LogP) is 0.975. The summed E-state index contributed by atoms with van der Waals surface area (Å²) >= 11 is 0. The number of nitrogens with one attached hydrogen (secondary N) is 1. The first-order valence-electron chi connectivity index (χ1n) is 5.45. The van der Waals surface area contributed by atoms with Crippen LogP contribution in [0.3, 0.4) is 0 Å². The van der Waals surface area contributed by atoms with Crippen LogP contribution in [-0.2, 0) is 17.8 Å². The van der Waals surface area contributed by atoms with Gasteiger partial charge in [-0.2, -0.15) is 4.98 Å². The maximum absolute atomic E-state index is 10.8. The van der Waals surface area contributed by atoms with Gasteiger partial charge < -0.3 is 9.63 Å². The normalized spacial score (nSPS) is 12.6. The number of nitrogens with zero attached hydrogens (tertiary/aromatic N) is 2. The van der Waals surface area contributed by atoms with Gasteiger partial charge in [0, 0.05) is 6.42 Å². The minimum absolute atomic E-state index is 0.320. The third kappa shape index (κ3) is 3.62. The lowest BCUT2D eigenvalue weighted by atomic mass is 10.2. The van der Waals surface area contributed by atoms with Crippen LogP contribution in [0.5, 0.6) is 0 Å². The molecule has 0 saturated carbocycles. The molecule has 0 spiro atoms. The largest absolute Gasteiger partial charge is 0.480 e. The Bertz CT molecular complexity index is 338. The molecular weight excluding hydrogens is 210 g/mol. The molecule has 1 unspecified atom stereocenters. The fraction of sp³-hybridized carbons (Fsp3) is 0.700. The molecule has 0 aliphatic carbocycles. The molecule has 1 heterocycles. The number of aromatic nitrogens is 2. The lowest BCUT2D eigenvalue weighted by molar-refractivity contribution is -0.139. The van der Waals surface area contributed by atoms with E-state index in [-0.39, 0.29) is 0 Å². The molecule has 0 amide bonds. The van der Waals surface area contributed by atoms with Gasteiger partial charge in [0.25, 0.3) is 0 Å². The summed E-state index contributed by atoms with van der Waals surface area (Å²) in [4.78, 5) is 14.9. The van der Waals surface area contributed by atoms with Crippen LogP contribution in [0.15, 0.2) is 4.52 Å². The SMILES string of the molecule is CCCC(NCc1noc(CC)n1)C(=O)O. The summed E-state index contributed by atoms with van der Waals surface area (Å²) in [6, 6.07) is -0.548. The lowest BCUT2D eigenvalue weighted by Crippen LogP contribution is -2.36. The summed E-state index contributed by atoms with van der Waals surface area (Å²) in [7, 11) is 0. The Morgan fingerprint density at radius 1 is 1.56 bits per heavy atom. The third-order valence-electron chi connectivity index (χ3n) is 2.19. The second-order valence-electron chi connectivity index (χ2n) is 3.52. The van der Waals surface area contributed by atoms with Crippen molar-refractivity contribution in [2.24, 2.45) is 0 Å². The molecule has 2 N–H and O–H groups in total. The highest BCUT2D eigenvalue weighted by Crippen LogP contribution is 2.01. The first kappa shape index (κ1) is 12.6. The van der Waals surface area contributed by atoms with Crippen molar-refractivity contribution in [1.82, 2.24) is 15.5 Å². The molecular formula is C10H17N3O3. The average Bonchev–Trinajstić information content (AvgIpc) is 2.71. The summed E-state index contributed by atoms with van der Waals surface area (Å²) < 4.78 is 4.92. The standard InChI is InChI=1S/C10H17N3O3/c1-3-5-7(10(14)15)11-6-8-12-9(4-2)16-13-8/h7,11H,3-6H2,1-2H3,(H,14,15). The number of aliphatic carboxylic acids is 1. The van der Waals surface area contributed by atoms with E-state index in [0.29, 0.717) is 31.1 Å². The Kier molecular flexibility index (Phi) is 4.91. The Morgan fingerprint density at radius 3 is 2.81 bits per heavy atom. The predicted molar refractivity (Wildman–Crippen MR) is 56.8 cm³/mol. The van der Waals surface area contributed by atoms with Crippen molar-refractivity contribution in [2.45, 2.75) is 45.7 Å². The van der Waals surface area contributed by atoms with Crippen LogP contribution >= 0.6 is 0 Å². The Hall–Kier alpha value is -1.43. The molecule has 16 heavy (non-hydrogen) atoms. The van der Waals surface area contributed by atoms with Gasteiger partial charge in [0.15, 0.2) is 5.82 Å². The van der Waals surface area contributed by atoms with E-state index < -0.39 is 12.0 Å². The molecule has 6 heteroatoms. The van der Waals surface area contributed by atoms with Gasteiger partial charge in [-0.1, -0.05) is 25.4 Å². The summed E-state index contributed by atoms with van der Waals surface area (Å²) in [5, 5.41) is 15.5. The van der Waals surface area contributed by atoms with E-state index in [9.17, 15) is 4.79 Å². The molecule has 0 fully saturated rings. The monoisotopic (exact) mass is 227 g/mol. The number of carbonyl (C=O) groups is 1. The topological polar surface area (TPSA) is 88.3 Å². The van der Waals surface area contributed by atoms with Gasteiger partial charge in [0.2, 0.25) is 5.89 Å². The van der Waals surface area contributed by atoms with Crippen molar-refractivity contribution in [3.05, 3.63) is 11.7 Å². The van der Waals surface area contributed by atoms with E-state index in [2.05, 4.69) is 15.5 Å². The molecule has 90 valence electrons. The summed E-state index contributed by atoms with van der Waals surface area (Å²) in [5.74, 6) is 0.222. The van der Waals surface area contributed by atoms with Gasteiger partial charge in [-0.05, 0) is 6.42 Å². The molecule has 0 bridgehead atoms. The molecule has 1 rings (SSSR count). The lowest BCUT2D eigenvalue weighted by Gasteiger charge is -2.11. The van der Waals surface area contributed by atoms with Gasteiger partial charge in [-0.25, -0.2) is 0 Å². The zero-order chi connectivity index (χ0) is 12.0. The van der Waals surface area contributed by atoms with Crippen LogP contribution in [0.2, 0.25) is 0 Å². The zero-order valence-corrected chi connectivity index (χ0v) is 9.56. The highest BCUT2D eigenvalue weighted by molar-refractivity contribution is 5.73. The van der Waals surface area contributed by atoms with Crippen molar-refractivity contribution < 1.29 is 14.4 Å². The molecule has 0 radical (unpaired) electrons. The first-order chi connectivity index (χ1) is 7.67. The van der Waals surface area contributed by atoms with Crippen LogP contribution in [0.4, 0.5) is 0 Å². The van der Waals surface area contributed by atoms with Crippen LogP contribution < -0.4 is 5.32 Å².